The van der Waals surface area contributed by atoms with E-state index in [1.54, 1.807) is 6.07 Å². The summed E-state index contributed by atoms with van der Waals surface area (Å²) in [6.07, 6.45) is -4.37. The highest BCUT2D eigenvalue weighted by Gasteiger charge is 2.32. The normalized spacial score (nSPS) is 15.5. The van der Waals surface area contributed by atoms with E-state index >= 15 is 0 Å². The molecule has 3 aromatic rings. The predicted octanol–water partition coefficient (Wildman–Crippen LogP) is 5.89. The maximum absolute atomic E-state index is 13.5. The van der Waals surface area contributed by atoms with Crippen molar-refractivity contribution in [3.8, 4) is 0 Å². The summed E-state index contributed by atoms with van der Waals surface area (Å²) in [6, 6.07) is 24.9. The van der Waals surface area contributed by atoms with Gasteiger partial charge >= 0.3 is 6.18 Å². The van der Waals surface area contributed by atoms with E-state index in [9.17, 15) is 18.0 Å². The quantitative estimate of drug-likeness (QED) is 0.448. The second-order valence-corrected chi connectivity index (χ2v) is 8.76. The molecule has 0 aromatic heterocycles. The van der Waals surface area contributed by atoms with Gasteiger partial charge in [-0.15, -0.1) is 11.8 Å². The molecule has 0 unspecified atom stereocenters. The Balaban J connectivity index is 1.47. The highest BCUT2D eigenvalue weighted by molar-refractivity contribution is 8.00. The number of carbonyl (C=O) groups excluding carboxylic acids is 1. The molecule has 0 spiro atoms. The van der Waals surface area contributed by atoms with Crippen LogP contribution in [0.3, 0.4) is 0 Å². The van der Waals surface area contributed by atoms with Crippen LogP contribution in [-0.2, 0) is 11.0 Å². The lowest BCUT2D eigenvalue weighted by molar-refractivity contribution is -0.137. The molecule has 1 aliphatic rings. The molecule has 3 aromatic carbocycles. The van der Waals surface area contributed by atoms with Crippen LogP contribution in [0.2, 0.25) is 0 Å². The largest absolute Gasteiger partial charge is 0.416 e. The first-order valence-corrected chi connectivity index (χ1v) is 11.3. The molecule has 32 heavy (non-hydrogen) atoms. The van der Waals surface area contributed by atoms with Crippen molar-refractivity contribution in [1.82, 2.24) is 4.90 Å². The molecule has 7 heteroatoms. The van der Waals surface area contributed by atoms with Gasteiger partial charge in [-0.3, -0.25) is 4.79 Å². The first kappa shape index (κ1) is 22.3. The number of halogens is 3. The van der Waals surface area contributed by atoms with E-state index in [1.165, 1.54) is 23.9 Å². The molecule has 1 fully saturated rings. The molecule has 1 heterocycles. The number of piperazine rings is 1. The van der Waals surface area contributed by atoms with Crippen molar-refractivity contribution in [3.05, 3.63) is 96.1 Å². The Morgan fingerprint density at radius 1 is 0.812 bits per heavy atom. The van der Waals surface area contributed by atoms with Crippen molar-refractivity contribution in [1.29, 1.82) is 0 Å². The number of hydrogen-bond acceptors (Lipinski definition) is 3. The van der Waals surface area contributed by atoms with Crippen LogP contribution in [0.15, 0.2) is 89.8 Å². The monoisotopic (exact) mass is 456 g/mol. The average molecular weight is 457 g/mol. The van der Waals surface area contributed by atoms with Crippen LogP contribution >= 0.6 is 11.8 Å². The minimum Gasteiger partial charge on any atom is -0.368 e. The SMILES string of the molecule is O=C([C@H](Sc1ccccc1)c1ccccc1)N1CCN(c2cccc(C(F)(F)F)c2)CC1. The molecule has 1 atom stereocenters. The second-order valence-electron chi connectivity index (χ2n) is 7.58. The Kier molecular flexibility index (Phi) is 6.74. The van der Waals surface area contributed by atoms with Crippen LogP contribution in [-0.4, -0.2) is 37.0 Å². The lowest BCUT2D eigenvalue weighted by Gasteiger charge is -2.37. The summed E-state index contributed by atoms with van der Waals surface area (Å²) >= 11 is 1.52. The van der Waals surface area contributed by atoms with Crippen LogP contribution in [0.4, 0.5) is 18.9 Å². The molecule has 0 saturated carbocycles. The summed E-state index contributed by atoms with van der Waals surface area (Å²) < 4.78 is 39.2. The van der Waals surface area contributed by atoms with Gasteiger partial charge in [-0.1, -0.05) is 54.6 Å². The number of alkyl halides is 3. The standard InChI is InChI=1S/C25H23F3N2OS/c26-25(27,28)20-10-7-11-21(18-20)29-14-16-30(17-15-29)24(31)23(19-8-3-1-4-9-19)32-22-12-5-2-6-13-22/h1-13,18,23H,14-17H2/t23-/m1/s1. The lowest BCUT2D eigenvalue weighted by Crippen LogP contribution is -2.49. The van der Waals surface area contributed by atoms with E-state index in [2.05, 4.69) is 0 Å². The van der Waals surface area contributed by atoms with Crippen molar-refractivity contribution >= 4 is 23.4 Å². The molecule has 0 N–H and O–H groups in total. The molecule has 4 rings (SSSR count). The second kappa shape index (κ2) is 9.69. The Hall–Kier alpha value is -2.93. The van der Waals surface area contributed by atoms with E-state index in [-0.39, 0.29) is 11.2 Å². The fourth-order valence-corrected chi connectivity index (χ4v) is 4.88. The van der Waals surface area contributed by atoms with E-state index < -0.39 is 11.7 Å². The van der Waals surface area contributed by atoms with Gasteiger partial charge in [-0.25, -0.2) is 0 Å². The van der Waals surface area contributed by atoms with E-state index in [0.29, 0.717) is 31.9 Å². The summed E-state index contributed by atoms with van der Waals surface area (Å²) in [4.78, 5) is 18.2. The van der Waals surface area contributed by atoms with Crippen LogP contribution in [0, 0.1) is 0 Å². The third-order valence-electron chi connectivity index (χ3n) is 5.45. The lowest BCUT2D eigenvalue weighted by atomic mass is 10.1. The molecule has 0 bridgehead atoms. The fourth-order valence-electron chi connectivity index (χ4n) is 3.75. The number of rotatable bonds is 5. The Morgan fingerprint density at radius 3 is 2.06 bits per heavy atom. The van der Waals surface area contributed by atoms with Gasteiger partial charge in [0.25, 0.3) is 0 Å². The number of carbonyl (C=O) groups is 1. The van der Waals surface area contributed by atoms with Gasteiger partial charge in [0.2, 0.25) is 5.91 Å². The van der Waals surface area contributed by atoms with Gasteiger partial charge in [-0.05, 0) is 35.9 Å². The van der Waals surface area contributed by atoms with E-state index in [4.69, 9.17) is 0 Å². The van der Waals surface area contributed by atoms with Gasteiger partial charge in [0.05, 0.1) is 5.56 Å². The molecule has 0 aliphatic carbocycles. The Bertz CT molecular complexity index is 1040. The fraction of sp³-hybridized carbons (Fsp3) is 0.240. The number of hydrogen-bond donors (Lipinski definition) is 0. The minimum absolute atomic E-state index is 0.0220. The first-order chi connectivity index (χ1) is 15.4. The molecule has 1 amide bonds. The summed E-state index contributed by atoms with van der Waals surface area (Å²) in [7, 11) is 0. The van der Waals surface area contributed by atoms with Crippen LogP contribution in [0.1, 0.15) is 16.4 Å². The van der Waals surface area contributed by atoms with Crippen LogP contribution in [0.25, 0.3) is 0 Å². The zero-order valence-electron chi connectivity index (χ0n) is 17.3. The van der Waals surface area contributed by atoms with E-state index in [0.717, 1.165) is 16.5 Å². The summed E-state index contributed by atoms with van der Waals surface area (Å²) in [5, 5.41) is -0.376. The number of thioether (sulfide) groups is 1. The van der Waals surface area contributed by atoms with Crippen molar-refractivity contribution in [2.24, 2.45) is 0 Å². The highest BCUT2D eigenvalue weighted by atomic mass is 32.2. The van der Waals surface area contributed by atoms with Gasteiger partial charge < -0.3 is 9.80 Å². The third kappa shape index (κ3) is 5.27. The molecule has 166 valence electrons. The van der Waals surface area contributed by atoms with Crippen molar-refractivity contribution < 1.29 is 18.0 Å². The smallest absolute Gasteiger partial charge is 0.368 e. The first-order valence-electron chi connectivity index (χ1n) is 10.4. The number of nitrogens with zero attached hydrogens (tertiary/aromatic N) is 2. The van der Waals surface area contributed by atoms with Crippen molar-refractivity contribution in [2.45, 2.75) is 16.3 Å². The average Bonchev–Trinajstić information content (AvgIpc) is 2.83. The summed E-state index contributed by atoms with van der Waals surface area (Å²) in [5.74, 6) is 0.0220. The number of benzene rings is 3. The Morgan fingerprint density at radius 2 is 1.44 bits per heavy atom. The van der Waals surface area contributed by atoms with Crippen LogP contribution in [0.5, 0.6) is 0 Å². The van der Waals surface area contributed by atoms with E-state index in [1.807, 2.05) is 70.5 Å². The zero-order valence-corrected chi connectivity index (χ0v) is 18.1. The number of amides is 1. The molecular weight excluding hydrogens is 433 g/mol. The third-order valence-corrected chi connectivity index (χ3v) is 6.71. The Labute approximate surface area is 189 Å². The molecular formula is C25H23F3N2OS. The van der Waals surface area contributed by atoms with Gasteiger partial charge in [0, 0.05) is 36.8 Å². The van der Waals surface area contributed by atoms with Gasteiger partial charge in [0.1, 0.15) is 5.25 Å². The van der Waals surface area contributed by atoms with Crippen molar-refractivity contribution in [3.63, 3.8) is 0 Å². The molecule has 1 saturated heterocycles. The van der Waals surface area contributed by atoms with Crippen molar-refractivity contribution in [2.75, 3.05) is 31.1 Å². The number of anilines is 1. The van der Waals surface area contributed by atoms with Gasteiger partial charge in [0.15, 0.2) is 0 Å². The maximum Gasteiger partial charge on any atom is 0.416 e. The summed E-state index contributed by atoms with van der Waals surface area (Å²) in [6.45, 7) is 1.91. The van der Waals surface area contributed by atoms with Crippen LogP contribution < -0.4 is 4.90 Å². The zero-order chi connectivity index (χ0) is 22.6. The summed E-state index contributed by atoms with van der Waals surface area (Å²) in [5.41, 5.74) is 0.814. The molecule has 1 aliphatic heterocycles. The van der Waals surface area contributed by atoms with Gasteiger partial charge in [-0.2, -0.15) is 13.2 Å². The molecule has 0 radical (unpaired) electrons. The maximum atomic E-state index is 13.5. The predicted molar refractivity (Wildman–Crippen MR) is 122 cm³/mol. The minimum atomic E-state index is -4.37. The topological polar surface area (TPSA) is 23.6 Å². The molecule has 3 nitrogen and oxygen atoms in total. The highest BCUT2D eigenvalue weighted by Crippen LogP contribution is 2.37.